The van der Waals surface area contributed by atoms with Crippen molar-refractivity contribution in [3.63, 3.8) is 0 Å². The van der Waals surface area contributed by atoms with Crippen LogP contribution in [-0.4, -0.2) is 36.0 Å². The Morgan fingerprint density at radius 1 is 1.08 bits per heavy atom. The molecule has 0 bridgehead atoms. The Labute approximate surface area is 212 Å². The fraction of sp³-hybridized carbons (Fsp3) is 0.182. The van der Waals surface area contributed by atoms with E-state index in [1.165, 1.54) is 37.4 Å². The van der Waals surface area contributed by atoms with E-state index in [2.05, 4.69) is 15.6 Å². The van der Waals surface area contributed by atoms with Crippen LogP contribution >= 0.6 is 23.2 Å². The number of methoxy groups -OCH3 is 1. The van der Waals surface area contributed by atoms with Crippen LogP contribution in [0.5, 0.6) is 17.2 Å². The summed E-state index contributed by atoms with van der Waals surface area (Å²) < 4.78 is 48.9. The number of nitro groups is 1. The van der Waals surface area contributed by atoms with E-state index in [-0.39, 0.29) is 57.5 Å². The van der Waals surface area contributed by atoms with E-state index < -0.39 is 22.6 Å². The minimum Gasteiger partial charge on any atom is -0.493 e. The molecule has 0 unspecified atom stereocenters. The number of carbonyl (C=O) groups is 1. The molecule has 2 aromatic carbocycles. The quantitative estimate of drug-likeness (QED) is 0.194. The average molecular weight is 545 g/mol. The second-order valence-electron chi connectivity index (χ2n) is 7.07. The first-order chi connectivity index (χ1) is 17.0. The molecule has 36 heavy (non-hydrogen) atoms. The summed E-state index contributed by atoms with van der Waals surface area (Å²) in [6, 6.07) is 8.89. The van der Waals surface area contributed by atoms with E-state index in [0.717, 1.165) is 12.1 Å². The lowest BCUT2D eigenvalue weighted by Crippen LogP contribution is -2.29. The lowest BCUT2D eigenvalue weighted by Gasteiger charge is -2.13. The molecule has 1 amide bonds. The summed E-state index contributed by atoms with van der Waals surface area (Å²) in [4.78, 5) is 26.8. The number of pyridine rings is 1. The summed E-state index contributed by atoms with van der Waals surface area (Å²) in [7, 11) is 1.34. The molecule has 14 heteroatoms. The van der Waals surface area contributed by atoms with Crippen LogP contribution in [0.3, 0.4) is 0 Å². The molecule has 2 N–H and O–H groups in total. The summed E-state index contributed by atoms with van der Waals surface area (Å²) >= 11 is 11.6. The number of carbonyl (C=O) groups excluding carboxylic acids is 1. The third-order valence-electron chi connectivity index (χ3n) is 4.63. The number of rotatable bonds is 9. The Balaban J connectivity index is 1.62. The van der Waals surface area contributed by atoms with Crippen LogP contribution in [0.15, 0.2) is 48.7 Å². The molecule has 0 fully saturated rings. The van der Waals surface area contributed by atoms with Gasteiger partial charge < -0.3 is 20.1 Å². The van der Waals surface area contributed by atoms with E-state index in [4.69, 9.17) is 32.7 Å². The maximum absolute atomic E-state index is 12.7. The van der Waals surface area contributed by atoms with Crippen molar-refractivity contribution in [1.82, 2.24) is 10.3 Å². The number of nitrogens with one attached hydrogen (secondary N) is 2. The molecule has 1 aromatic heterocycles. The summed E-state index contributed by atoms with van der Waals surface area (Å²) in [6.45, 7) is 0.220. The average Bonchev–Trinajstić information content (AvgIpc) is 2.83. The first-order valence-electron chi connectivity index (χ1n) is 10.0. The fourth-order valence-electron chi connectivity index (χ4n) is 2.91. The molecular formula is C22H17Cl2F3N4O5. The first kappa shape index (κ1) is 26.8. The minimum atomic E-state index is -4.56. The lowest BCUT2D eigenvalue weighted by molar-refractivity contribution is -0.385. The van der Waals surface area contributed by atoms with Gasteiger partial charge in [0.15, 0.2) is 11.5 Å². The molecule has 0 aliphatic carbocycles. The van der Waals surface area contributed by atoms with Gasteiger partial charge in [-0.15, -0.1) is 0 Å². The van der Waals surface area contributed by atoms with Gasteiger partial charge in [0.1, 0.15) is 5.82 Å². The fourth-order valence-corrected chi connectivity index (χ4v) is 3.31. The molecule has 0 atom stereocenters. The Hall–Kier alpha value is -3.77. The van der Waals surface area contributed by atoms with Crippen molar-refractivity contribution in [3.05, 3.63) is 79.9 Å². The maximum atomic E-state index is 12.7. The van der Waals surface area contributed by atoms with Crippen LogP contribution in [0, 0.1) is 10.1 Å². The molecule has 190 valence electrons. The number of amides is 1. The predicted octanol–water partition coefficient (Wildman–Crippen LogP) is 5.96. The highest BCUT2D eigenvalue weighted by molar-refractivity contribution is 6.33. The number of hydrogen-bond acceptors (Lipinski definition) is 7. The normalized spacial score (nSPS) is 11.1. The van der Waals surface area contributed by atoms with Crippen LogP contribution < -0.4 is 20.1 Å². The van der Waals surface area contributed by atoms with Crippen molar-refractivity contribution in [3.8, 4) is 17.2 Å². The highest BCUT2D eigenvalue weighted by Crippen LogP contribution is 2.38. The van der Waals surface area contributed by atoms with Crippen LogP contribution in [0.2, 0.25) is 10.0 Å². The van der Waals surface area contributed by atoms with Crippen molar-refractivity contribution in [2.75, 3.05) is 25.5 Å². The zero-order valence-electron chi connectivity index (χ0n) is 18.4. The van der Waals surface area contributed by atoms with E-state index in [1.807, 2.05) is 0 Å². The summed E-state index contributed by atoms with van der Waals surface area (Å²) in [6.07, 6.45) is -3.91. The minimum absolute atomic E-state index is 0.0402. The van der Waals surface area contributed by atoms with Gasteiger partial charge >= 0.3 is 11.9 Å². The molecule has 0 saturated heterocycles. The molecular weight excluding hydrogens is 528 g/mol. The molecule has 0 aliphatic heterocycles. The SMILES string of the molecule is COc1cc(C(=O)NCCNc2ncc(C(F)(F)F)cc2Cl)ccc1Oc1ccc(Cl)cc1[N+](=O)[O-]. The van der Waals surface area contributed by atoms with Gasteiger partial charge in [0.25, 0.3) is 5.91 Å². The lowest BCUT2D eigenvalue weighted by atomic mass is 10.2. The Bertz CT molecular complexity index is 1290. The number of aromatic nitrogens is 1. The number of nitrogens with zero attached hydrogens (tertiary/aromatic N) is 2. The smallest absolute Gasteiger partial charge is 0.417 e. The number of hydrogen-bond donors (Lipinski definition) is 2. The molecule has 3 aromatic rings. The maximum Gasteiger partial charge on any atom is 0.417 e. The topological polar surface area (TPSA) is 116 Å². The second-order valence-corrected chi connectivity index (χ2v) is 7.92. The van der Waals surface area contributed by atoms with Gasteiger partial charge in [0, 0.05) is 35.9 Å². The number of nitro benzene ring substituents is 1. The molecule has 3 rings (SSSR count). The van der Waals surface area contributed by atoms with Crippen molar-refractivity contribution in [2.45, 2.75) is 6.18 Å². The first-order valence-corrected chi connectivity index (χ1v) is 10.8. The van der Waals surface area contributed by atoms with Crippen molar-refractivity contribution < 1.29 is 32.4 Å². The van der Waals surface area contributed by atoms with Gasteiger partial charge in [-0.1, -0.05) is 23.2 Å². The number of halogens is 5. The number of anilines is 1. The molecule has 0 spiro atoms. The van der Waals surface area contributed by atoms with Gasteiger partial charge in [-0.2, -0.15) is 13.2 Å². The zero-order valence-corrected chi connectivity index (χ0v) is 19.9. The Kier molecular flexibility index (Phi) is 8.43. The van der Waals surface area contributed by atoms with Gasteiger partial charge in [0.2, 0.25) is 5.75 Å². The molecule has 0 saturated carbocycles. The van der Waals surface area contributed by atoms with Crippen LogP contribution in [0.4, 0.5) is 24.7 Å². The van der Waals surface area contributed by atoms with Crippen LogP contribution in [-0.2, 0) is 6.18 Å². The Morgan fingerprint density at radius 3 is 2.44 bits per heavy atom. The standard InChI is InChI=1S/C22H17Cl2F3N4O5/c1-35-19-8-12(2-4-18(19)36-17-5-3-14(23)10-16(17)31(33)34)21(32)29-7-6-28-20-15(24)9-13(11-30-20)22(25,26)27/h2-5,8-11H,6-7H2,1H3,(H,28,30)(H,29,32). The molecule has 0 aliphatic rings. The van der Waals surface area contributed by atoms with Gasteiger partial charge in [0.05, 0.1) is 22.6 Å². The van der Waals surface area contributed by atoms with Gasteiger partial charge in [-0.3, -0.25) is 14.9 Å². The number of benzene rings is 2. The van der Waals surface area contributed by atoms with Crippen LogP contribution in [0.1, 0.15) is 15.9 Å². The predicted molar refractivity (Wildman–Crippen MR) is 126 cm³/mol. The largest absolute Gasteiger partial charge is 0.493 e. The van der Waals surface area contributed by atoms with E-state index in [1.54, 1.807) is 0 Å². The number of ether oxygens (including phenoxy) is 2. The monoisotopic (exact) mass is 544 g/mol. The van der Waals surface area contributed by atoms with E-state index >= 15 is 0 Å². The van der Waals surface area contributed by atoms with E-state index in [0.29, 0.717) is 6.20 Å². The van der Waals surface area contributed by atoms with Crippen molar-refractivity contribution >= 4 is 40.6 Å². The highest BCUT2D eigenvalue weighted by atomic mass is 35.5. The van der Waals surface area contributed by atoms with Crippen molar-refractivity contribution in [1.29, 1.82) is 0 Å². The summed E-state index contributed by atoms with van der Waals surface area (Å²) in [5, 5.41) is 16.6. The van der Waals surface area contributed by atoms with E-state index in [9.17, 15) is 28.1 Å². The van der Waals surface area contributed by atoms with Gasteiger partial charge in [-0.05, 0) is 36.4 Å². The Morgan fingerprint density at radius 2 is 1.81 bits per heavy atom. The zero-order chi connectivity index (χ0) is 26.5. The third-order valence-corrected chi connectivity index (χ3v) is 5.16. The molecule has 9 nitrogen and oxygen atoms in total. The third kappa shape index (κ3) is 6.67. The second kappa shape index (κ2) is 11.3. The van der Waals surface area contributed by atoms with Crippen molar-refractivity contribution in [2.24, 2.45) is 0 Å². The molecule has 1 heterocycles. The summed E-state index contributed by atoms with van der Waals surface area (Å²) in [5.74, 6) is -0.236. The number of alkyl halides is 3. The highest BCUT2D eigenvalue weighted by Gasteiger charge is 2.31. The van der Waals surface area contributed by atoms with Gasteiger partial charge in [-0.25, -0.2) is 4.98 Å². The van der Waals surface area contributed by atoms with Crippen LogP contribution in [0.25, 0.3) is 0 Å². The molecule has 0 radical (unpaired) electrons. The summed E-state index contributed by atoms with van der Waals surface area (Å²) in [5.41, 5.74) is -1.12.